The van der Waals surface area contributed by atoms with E-state index >= 15 is 0 Å². The van der Waals surface area contributed by atoms with Gasteiger partial charge in [0.2, 0.25) is 6.29 Å². The van der Waals surface area contributed by atoms with E-state index in [1.54, 1.807) is 6.92 Å². The van der Waals surface area contributed by atoms with E-state index in [2.05, 4.69) is 27.7 Å². The summed E-state index contributed by atoms with van der Waals surface area (Å²) >= 11 is 0. The van der Waals surface area contributed by atoms with E-state index in [0.29, 0.717) is 17.8 Å². The highest BCUT2D eigenvalue weighted by Gasteiger charge is 2.38. The van der Waals surface area contributed by atoms with Crippen molar-refractivity contribution in [1.29, 1.82) is 5.41 Å². The van der Waals surface area contributed by atoms with E-state index in [1.165, 1.54) is 0 Å². The third-order valence-electron chi connectivity index (χ3n) is 3.47. The van der Waals surface area contributed by atoms with Crippen LogP contribution in [-0.4, -0.2) is 18.3 Å². The molecule has 1 heterocycles. The van der Waals surface area contributed by atoms with Crippen molar-refractivity contribution >= 4 is 5.90 Å². The van der Waals surface area contributed by atoms with Crippen molar-refractivity contribution in [3.8, 4) is 0 Å². The molecule has 3 nitrogen and oxygen atoms in total. The van der Waals surface area contributed by atoms with Crippen LogP contribution in [0, 0.1) is 23.2 Å². The molecule has 0 amide bonds. The zero-order valence-corrected chi connectivity index (χ0v) is 9.70. The molecule has 1 aliphatic rings. The summed E-state index contributed by atoms with van der Waals surface area (Å²) in [5.41, 5.74) is 0. The van der Waals surface area contributed by atoms with Crippen LogP contribution in [0.2, 0.25) is 0 Å². The molecule has 3 heteroatoms. The molecule has 82 valence electrons. The maximum absolute atomic E-state index is 7.30. The Bertz CT molecular complexity index is 217. The number of hydrogen-bond donors (Lipinski definition) is 1. The second kappa shape index (κ2) is 4.30. The third-order valence-corrected chi connectivity index (χ3v) is 3.47. The van der Waals surface area contributed by atoms with Crippen molar-refractivity contribution in [3.05, 3.63) is 0 Å². The Morgan fingerprint density at radius 1 is 1.07 bits per heavy atom. The largest absolute Gasteiger partial charge is 0.452 e. The first-order valence-electron chi connectivity index (χ1n) is 5.30. The highest BCUT2D eigenvalue weighted by molar-refractivity contribution is 5.69. The first-order chi connectivity index (χ1) is 6.43. The number of rotatable bonds is 1. The molecule has 0 aromatic rings. The average molecular weight is 199 g/mol. The zero-order valence-electron chi connectivity index (χ0n) is 9.70. The van der Waals surface area contributed by atoms with Crippen LogP contribution in [0.4, 0.5) is 0 Å². The molecule has 5 unspecified atom stereocenters. The topological polar surface area (TPSA) is 42.3 Å². The van der Waals surface area contributed by atoms with Crippen molar-refractivity contribution in [1.82, 2.24) is 0 Å². The Kier molecular flexibility index (Phi) is 3.53. The summed E-state index contributed by atoms with van der Waals surface area (Å²) < 4.78 is 11.1. The lowest BCUT2D eigenvalue weighted by molar-refractivity contribution is -0.212. The molecule has 1 aliphatic heterocycles. The van der Waals surface area contributed by atoms with E-state index < -0.39 is 0 Å². The summed E-state index contributed by atoms with van der Waals surface area (Å²) in [6.45, 7) is 10.3. The van der Waals surface area contributed by atoms with Crippen molar-refractivity contribution < 1.29 is 9.47 Å². The Labute approximate surface area is 86.3 Å². The van der Waals surface area contributed by atoms with Gasteiger partial charge in [0, 0.05) is 12.8 Å². The Balaban J connectivity index is 2.65. The van der Waals surface area contributed by atoms with Crippen molar-refractivity contribution in [2.24, 2.45) is 17.8 Å². The van der Waals surface area contributed by atoms with Gasteiger partial charge in [0.15, 0.2) is 5.90 Å². The molecule has 5 atom stereocenters. The first-order valence-corrected chi connectivity index (χ1v) is 5.30. The maximum Gasteiger partial charge on any atom is 0.204 e. The van der Waals surface area contributed by atoms with Gasteiger partial charge in [-0.3, -0.25) is 5.41 Å². The molecular weight excluding hydrogens is 178 g/mol. The van der Waals surface area contributed by atoms with E-state index in [4.69, 9.17) is 14.9 Å². The van der Waals surface area contributed by atoms with Gasteiger partial charge in [0.25, 0.3) is 0 Å². The lowest BCUT2D eigenvalue weighted by atomic mass is 9.79. The summed E-state index contributed by atoms with van der Waals surface area (Å²) in [5, 5.41) is 7.30. The molecule has 0 bridgehead atoms. The van der Waals surface area contributed by atoms with Gasteiger partial charge in [0.1, 0.15) is 0 Å². The van der Waals surface area contributed by atoms with Crippen LogP contribution in [0.3, 0.4) is 0 Å². The van der Waals surface area contributed by atoms with Gasteiger partial charge in [-0.25, -0.2) is 0 Å². The number of hydrogen-bond acceptors (Lipinski definition) is 3. The second-order valence-electron chi connectivity index (χ2n) is 4.46. The van der Waals surface area contributed by atoms with Crippen molar-refractivity contribution in [3.63, 3.8) is 0 Å². The van der Waals surface area contributed by atoms with E-state index in [-0.39, 0.29) is 18.3 Å². The monoisotopic (exact) mass is 199 g/mol. The van der Waals surface area contributed by atoms with Gasteiger partial charge in [-0.05, 0) is 18.8 Å². The lowest BCUT2D eigenvalue weighted by Gasteiger charge is -2.41. The lowest BCUT2D eigenvalue weighted by Crippen LogP contribution is -2.45. The van der Waals surface area contributed by atoms with Crippen LogP contribution in [0.1, 0.15) is 34.6 Å². The van der Waals surface area contributed by atoms with Crippen LogP contribution >= 0.6 is 0 Å². The van der Waals surface area contributed by atoms with Crippen LogP contribution < -0.4 is 0 Å². The first kappa shape index (κ1) is 11.5. The standard InChI is InChI=1S/C11H21NO2/c1-6-7(2)9(4)13-11(8(6)3)14-10(5)12/h6-9,11-12H,1-5H3. The third kappa shape index (κ3) is 2.27. The van der Waals surface area contributed by atoms with E-state index in [1.807, 2.05) is 0 Å². The van der Waals surface area contributed by atoms with Gasteiger partial charge in [-0.1, -0.05) is 20.8 Å². The Hall–Kier alpha value is -0.570. The minimum Gasteiger partial charge on any atom is -0.452 e. The molecule has 1 fully saturated rings. The number of nitrogens with one attached hydrogen (secondary N) is 1. The molecule has 14 heavy (non-hydrogen) atoms. The molecule has 1 saturated heterocycles. The average Bonchev–Trinajstić information content (AvgIpc) is 2.10. The fraction of sp³-hybridized carbons (Fsp3) is 0.909. The minimum atomic E-state index is -0.242. The molecule has 0 saturated carbocycles. The fourth-order valence-electron chi connectivity index (χ4n) is 1.92. The molecule has 0 aliphatic carbocycles. The van der Waals surface area contributed by atoms with E-state index in [9.17, 15) is 0 Å². The maximum atomic E-state index is 7.30. The summed E-state index contributed by atoms with van der Waals surface area (Å²) in [6.07, 6.45) is -0.0285. The van der Waals surface area contributed by atoms with E-state index in [0.717, 1.165) is 0 Å². The van der Waals surface area contributed by atoms with Gasteiger partial charge in [-0.2, -0.15) is 0 Å². The SMILES string of the molecule is CC(=N)OC1OC(C)C(C)C(C)C1C. The van der Waals surface area contributed by atoms with Crippen LogP contribution in [0.15, 0.2) is 0 Å². The normalized spacial score (nSPS) is 43.4. The summed E-state index contributed by atoms with van der Waals surface area (Å²) in [4.78, 5) is 0. The molecule has 1 rings (SSSR count). The molecule has 0 aromatic heterocycles. The Morgan fingerprint density at radius 2 is 1.64 bits per heavy atom. The van der Waals surface area contributed by atoms with Crippen molar-refractivity contribution in [2.45, 2.75) is 47.0 Å². The number of ether oxygens (including phenoxy) is 2. The second-order valence-corrected chi connectivity index (χ2v) is 4.46. The highest BCUT2D eigenvalue weighted by atomic mass is 16.7. The minimum absolute atomic E-state index is 0.213. The fourth-order valence-corrected chi connectivity index (χ4v) is 1.92. The van der Waals surface area contributed by atoms with Crippen LogP contribution in [-0.2, 0) is 9.47 Å². The molecule has 0 radical (unpaired) electrons. The van der Waals surface area contributed by atoms with Gasteiger partial charge >= 0.3 is 0 Å². The predicted molar refractivity (Wildman–Crippen MR) is 56.3 cm³/mol. The van der Waals surface area contributed by atoms with Gasteiger partial charge < -0.3 is 9.47 Å². The molecule has 1 N–H and O–H groups in total. The van der Waals surface area contributed by atoms with Gasteiger partial charge in [0.05, 0.1) is 6.10 Å². The predicted octanol–water partition coefficient (Wildman–Crippen LogP) is 2.65. The zero-order chi connectivity index (χ0) is 10.9. The molecule has 0 spiro atoms. The van der Waals surface area contributed by atoms with Gasteiger partial charge in [-0.15, -0.1) is 0 Å². The van der Waals surface area contributed by atoms with Crippen molar-refractivity contribution in [2.75, 3.05) is 0 Å². The smallest absolute Gasteiger partial charge is 0.204 e. The highest BCUT2D eigenvalue weighted by Crippen LogP contribution is 2.35. The summed E-state index contributed by atoms with van der Waals surface area (Å²) in [6, 6.07) is 0. The summed E-state index contributed by atoms with van der Waals surface area (Å²) in [5.74, 6) is 1.70. The van der Waals surface area contributed by atoms with Crippen LogP contribution in [0.25, 0.3) is 0 Å². The Morgan fingerprint density at radius 3 is 2.14 bits per heavy atom. The molecule has 0 aromatic carbocycles. The van der Waals surface area contributed by atoms with Crippen LogP contribution in [0.5, 0.6) is 0 Å². The quantitative estimate of drug-likeness (QED) is 0.521. The summed E-state index contributed by atoms with van der Waals surface area (Å²) in [7, 11) is 0. The molecular formula is C11H21NO2.